The summed E-state index contributed by atoms with van der Waals surface area (Å²) in [5.74, 6) is 0. The molecule has 2 rings (SSSR count). The maximum absolute atomic E-state index is 9.51. The molecule has 0 spiro atoms. The molecule has 1 heterocycles. The SMILES string of the molecule is OCC(c1ccccc1)N1NC(Cl)=CC=C1Cl. The lowest BCUT2D eigenvalue weighted by atomic mass is 10.1. The maximum atomic E-state index is 9.51. The molecular formula is C12H12Cl2N2O. The van der Waals surface area contributed by atoms with Crippen LogP contribution < -0.4 is 5.43 Å². The number of aliphatic hydroxyl groups excluding tert-OH is 1. The molecule has 0 amide bonds. The van der Waals surface area contributed by atoms with Crippen LogP contribution in [0.25, 0.3) is 0 Å². The first kappa shape index (κ1) is 12.3. The monoisotopic (exact) mass is 270 g/mol. The number of allylic oxidation sites excluding steroid dienone is 2. The predicted molar refractivity (Wildman–Crippen MR) is 69.1 cm³/mol. The summed E-state index contributed by atoms with van der Waals surface area (Å²) >= 11 is 12.0. The van der Waals surface area contributed by atoms with Crippen LogP contribution >= 0.6 is 23.2 Å². The fraction of sp³-hybridized carbons (Fsp3) is 0.167. The van der Waals surface area contributed by atoms with Gasteiger partial charge in [0.25, 0.3) is 0 Å². The topological polar surface area (TPSA) is 35.5 Å². The predicted octanol–water partition coefficient (Wildman–Crippen LogP) is 2.70. The zero-order chi connectivity index (χ0) is 12.3. The van der Waals surface area contributed by atoms with E-state index >= 15 is 0 Å². The Morgan fingerprint density at radius 1 is 1.18 bits per heavy atom. The van der Waals surface area contributed by atoms with Gasteiger partial charge in [-0.2, -0.15) is 0 Å². The first-order valence-electron chi connectivity index (χ1n) is 5.17. The van der Waals surface area contributed by atoms with Gasteiger partial charge >= 0.3 is 0 Å². The molecule has 0 aliphatic carbocycles. The third kappa shape index (κ3) is 2.75. The molecule has 0 aromatic heterocycles. The van der Waals surface area contributed by atoms with E-state index in [1.54, 1.807) is 17.2 Å². The smallest absolute Gasteiger partial charge is 0.124 e. The van der Waals surface area contributed by atoms with Crippen molar-refractivity contribution in [3.63, 3.8) is 0 Å². The van der Waals surface area contributed by atoms with Crippen LogP contribution in [0.1, 0.15) is 11.6 Å². The van der Waals surface area contributed by atoms with E-state index in [1.807, 2.05) is 30.3 Å². The summed E-state index contributed by atoms with van der Waals surface area (Å²) in [4.78, 5) is 0. The number of hydrazine groups is 1. The van der Waals surface area contributed by atoms with Crippen molar-refractivity contribution in [1.82, 2.24) is 10.4 Å². The molecule has 0 saturated heterocycles. The van der Waals surface area contributed by atoms with Crippen LogP contribution in [0.3, 0.4) is 0 Å². The number of hydrogen-bond acceptors (Lipinski definition) is 3. The molecule has 1 aliphatic heterocycles. The van der Waals surface area contributed by atoms with Crippen molar-refractivity contribution in [2.45, 2.75) is 6.04 Å². The fourth-order valence-corrected chi connectivity index (χ4v) is 2.04. The van der Waals surface area contributed by atoms with E-state index in [0.717, 1.165) is 5.56 Å². The van der Waals surface area contributed by atoms with Crippen molar-refractivity contribution in [2.75, 3.05) is 6.61 Å². The number of aliphatic hydroxyl groups is 1. The second kappa shape index (κ2) is 5.45. The minimum absolute atomic E-state index is 0.0642. The Kier molecular flexibility index (Phi) is 3.94. The number of nitrogens with zero attached hydrogens (tertiary/aromatic N) is 1. The minimum atomic E-state index is -0.276. The molecule has 2 N–H and O–H groups in total. The molecule has 1 aromatic carbocycles. The van der Waals surface area contributed by atoms with E-state index in [-0.39, 0.29) is 12.6 Å². The summed E-state index contributed by atoms with van der Waals surface area (Å²) in [6.45, 7) is -0.0642. The molecule has 0 fully saturated rings. The molecule has 3 nitrogen and oxygen atoms in total. The van der Waals surface area contributed by atoms with Gasteiger partial charge in [0.05, 0.1) is 12.6 Å². The van der Waals surface area contributed by atoms with Gasteiger partial charge in [-0.05, 0) is 17.7 Å². The molecule has 17 heavy (non-hydrogen) atoms. The van der Waals surface area contributed by atoms with Crippen LogP contribution in [0.5, 0.6) is 0 Å². The Hall–Kier alpha value is -1.16. The number of halogens is 2. The number of nitrogens with one attached hydrogen (secondary N) is 1. The van der Waals surface area contributed by atoms with Crippen LogP contribution in [0.4, 0.5) is 0 Å². The maximum Gasteiger partial charge on any atom is 0.124 e. The third-order valence-corrected chi connectivity index (χ3v) is 3.01. The van der Waals surface area contributed by atoms with Gasteiger partial charge in [-0.15, -0.1) is 0 Å². The summed E-state index contributed by atoms with van der Waals surface area (Å²) in [5.41, 5.74) is 3.87. The van der Waals surface area contributed by atoms with E-state index in [1.165, 1.54) is 0 Å². The average Bonchev–Trinajstić information content (AvgIpc) is 2.36. The van der Waals surface area contributed by atoms with Gasteiger partial charge in [-0.25, -0.2) is 0 Å². The molecule has 1 unspecified atom stereocenters. The summed E-state index contributed by atoms with van der Waals surface area (Å²) in [6.07, 6.45) is 3.35. The lowest BCUT2D eigenvalue weighted by molar-refractivity contribution is 0.131. The van der Waals surface area contributed by atoms with Gasteiger partial charge in [-0.1, -0.05) is 53.5 Å². The first-order chi connectivity index (χ1) is 8.22. The molecule has 0 bridgehead atoms. The Morgan fingerprint density at radius 3 is 2.53 bits per heavy atom. The molecule has 1 atom stereocenters. The normalized spacial score (nSPS) is 17.0. The Labute approximate surface area is 110 Å². The van der Waals surface area contributed by atoms with Crippen LogP contribution in [0.2, 0.25) is 0 Å². The number of rotatable bonds is 3. The number of hydrogen-bond donors (Lipinski definition) is 2. The molecule has 90 valence electrons. The summed E-state index contributed by atoms with van der Waals surface area (Å²) in [5, 5.41) is 12.1. The van der Waals surface area contributed by atoms with Crippen molar-refractivity contribution in [1.29, 1.82) is 0 Å². The first-order valence-corrected chi connectivity index (χ1v) is 5.92. The van der Waals surface area contributed by atoms with Gasteiger partial charge in [0, 0.05) is 0 Å². The van der Waals surface area contributed by atoms with Gasteiger partial charge < -0.3 is 5.11 Å². The summed E-state index contributed by atoms with van der Waals surface area (Å²) < 4.78 is 0. The van der Waals surface area contributed by atoms with Crippen LogP contribution in [-0.2, 0) is 0 Å². The van der Waals surface area contributed by atoms with Gasteiger partial charge in [0.15, 0.2) is 0 Å². The van der Waals surface area contributed by atoms with Crippen LogP contribution in [0, 0.1) is 0 Å². The molecule has 0 radical (unpaired) electrons. The highest BCUT2D eigenvalue weighted by Gasteiger charge is 2.23. The highest BCUT2D eigenvalue weighted by atomic mass is 35.5. The largest absolute Gasteiger partial charge is 0.394 e. The van der Waals surface area contributed by atoms with Gasteiger partial charge in [0.1, 0.15) is 10.3 Å². The standard InChI is InChI=1S/C12H12Cl2N2O/c13-11-6-7-12(14)16(15-11)10(8-17)9-4-2-1-3-5-9/h1-7,10,15,17H,8H2. The van der Waals surface area contributed by atoms with E-state index in [2.05, 4.69) is 5.43 Å². The molecule has 0 saturated carbocycles. The number of benzene rings is 1. The van der Waals surface area contributed by atoms with Crippen LogP contribution in [0.15, 0.2) is 52.8 Å². The minimum Gasteiger partial charge on any atom is -0.394 e. The van der Waals surface area contributed by atoms with E-state index < -0.39 is 0 Å². The van der Waals surface area contributed by atoms with E-state index in [0.29, 0.717) is 10.3 Å². The van der Waals surface area contributed by atoms with Gasteiger partial charge in [0.2, 0.25) is 0 Å². The van der Waals surface area contributed by atoms with E-state index in [9.17, 15) is 5.11 Å². The van der Waals surface area contributed by atoms with Crippen molar-refractivity contribution in [3.05, 3.63) is 58.4 Å². The Bertz CT molecular complexity index is 445. The van der Waals surface area contributed by atoms with Crippen molar-refractivity contribution >= 4 is 23.2 Å². The van der Waals surface area contributed by atoms with Crippen molar-refractivity contribution in [2.24, 2.45) is 0 Å². The highest BCUT2D eigenvalue weighted by molar-refractivity contribution is 6.31. The third-order valence-electron chi connectivity index (χ3n) is 2.49. The van der Waals surface area contributed by atoms with Gasteiger partial charge in [-0.3, -0.25) is 10.4 Å². The zero-order valence-corrected chi connectivity index (χ0v) is 10.5. The highest BCUT2D eigenvalue weighted by Crippen LogP contribution is 2.27. The molecule has 1 aliphatic rings. The lowest BCUT2D eigenvalue weighted by Gasteiger charge is -2.34. The zero-order valence-electron chi connectivity index (χ0n) is 8.98. The summed E-state index contributed by atoms with van der Waals surface area (Å²) in [6, 6.07) is 9.33. The van der Waals surface area contributed by atoms with Crippen molar-refractivity contribution in [3.8, 4) is 0 Å². The summed E-state index contributed by atoms with van der Waals surface area (Å²) in [7, 11) is 0. The average molecular weight is 271 g/mol. The molecule has 5 heteroatoms. The second-order valence-corrected chi connectivity index (χ2v) is 4.39. The van der Waals surface area contributed by atoms with Crippen LogP contribution in [-0.4, -0.2) is 16.7 Å². The molecular weight excluding hydrogens is 259 g/mol. The van der Waals surface area contributed by atoms with Crippen molar-refractivity contribution < 1.29 is 5.11 Å². The fourth-order valence-electron chi connectivity index (χ4n) is 1.67. The lowest BCUT2D eigenvalue weighted by Crippen LogP contribution is -2.40. The Morgan fingerprint density at radius 2 is 1.88 bits per heavy atom. The Balaban J connectivity index is 2.26. The van der Waals surface area contributed by atoms with E-state index in [4.69, 9.17) is 23.2 Å². The molecule has 1 aromatic rings. The second-order valence-electron chi connectivity index (χ2n) is 3.59. The quantitative estimate of drug-likeness (QED) is 0.830.